The maximum absolute atomic E-state index is 11.9. The van der Waals surface area contributed by atoms with Gasteiger partial charge in [0.1, 0.15) is 5.69 Å². The third-order valence-corrected chi connectivity index (χ3v) is 3.63. The van der Waals surface area contributed by atoms with Crippen LogP contribution < -0.4 is 11.2 Å². The van der Waals surface area contributed by atoms with E-state index in [0.717, 1.165) is 10.0 Å². The number of nitrogen functional groups attached to an aromatic ring is 1. The molecule has 0 aliphatic carbocycles. The van der Waals surface area contributed by atoms with E-state index in [-0.39, 0.29) is 11.3 Å². The number of benzene rings is 1. The molecule has 0 bridgehead atoms. The number of hydrogen-bond acceptors (Lipinski definition) is 4. The van der Waals surface area contributed by atoms with E-state index in [9.17, 15) is 4.79 Å². The monoisotopic (exact) mass is 331 g/mol. The molecule has 0 aliphatic rings. The molecule has 0 aliphatic heterocycles. The predicted octanol–water partition coefficient (Wildman–Crippen LogP) is 3.04. The van der Waals surface area contributed by atoms with Gasteiger partial charge in [-0.15, -0.1) is 0 Å². The molecular formula is C14H10BrN3O2. The van der Waals surface area contributed by atoms with Crippen LogP contribution in [0.4, 0.5) is 5.88 Å². The number of nitrogens with zero attached hydrogens (tertiary/aromatic N) is 1. The van der Waals surface area contributed by atoms with Crippen LogP contribution in [0.25, 0.3) is 22.4 Å². The number of halogens is 1. The molecule has 2 aromatic heterocycles. The third-order valence-electron chi connectivity index (χ3n) is 2.94. The summed E-state index contributed by atoms with van der Waals surface area (Å²) in [5.74, 6) is 0.176. The van der Waals surface area contributed by atoms with Gasteiger partial charge in [-0.05, 0) is 6.07 Å². The zero-order valence-corrected chi connectivity index (χ0v) is 11.8. The van der Waals surface area contributed by atoms with Crippen LogP contribution in [0.5, 0.6) is 0 Å². The molecule has 6 heteroatoms. The summed E-state index contributed by atoms with van der Waals surface area (Å²) in [7, 11) is 0. The highest BCUT2D eigenvalue weighted by Gasteiger charge is 2.20. The van der Waals surface area contributed by atoms with Gasteiger partial charge in [-0.2, -0.15) is 0 Å². The molecule has 0 saturated heterocycles. The fraction of sp³-hybridized carbons (Fsp3) is 0. The van der Waals surface area contributed by atoms with Gasteiger partial charge in [0.15, 0.2) is 5.43 Å². The molecular weight excluding hydrogens is 322 g/mol. The van der Waals surface area contributed by atoms with Crippen LogP contribution in [0.1, 0.15) is 0 Å². The molecule has 3 rings (SSSR count). The van der Waals surface area contributed by atoms with Gasteiger partial charge in [-0.1, -0.05) is 39.3 Å². The van der Waals surface area contributed by atoms with Crippen LogP contribution in [0.2, 0.25) is 0 Å². The molecule has 2 heterocycles. The summed E-state index contributed by atoms with van der Waals surface area (Å²) >= 11 is 3.47. The highest BCUT2D eigenvalue weighted by Crippen LogP contribution is 2.38. The Labute approximate surface area is 122 Å². The molecule has 20 heavy (non-hydrogen) atoms. The van der Waals surface area contributed by atoms with E-state index >= 15 is 0 Å². The predicted molar refractivity (Wildman–Crippen MR) is 80.1 cm³/mol. The van der Waals surface area contributed by atoms with Crippen LogP contribution in [0.3, 0.4) is 0 Å². The van der Waals surface area contributed by atoms with Gasteiger partial charge in [0.2, 0.25) is 5.88 Å². The van der Waals surface area contributed by atoms with Crippen molar-refractivity contribution in [2.45, 2.75) is 0 Å². The van der Waals surface area contributed by atoms with Gasteiger partial charge in [0, 0.05) is 28.5 Å². The maximum atomic E-state index is 11.9. The minimum absolute atomic E-state index is 0.148. The largest absolute Gasteiger partial charge is 0.367 e. The van der Waals surface area contributed by atoms with Crippen LogP contribution in [0.15, 0.2) is 56.5 Å². The van der Waals surface area contributed by atoms with Crippen molar-refractivity contribution in [2.24, 2.45) is 0 Å². The van der Waals surface area contributed by atoms with Crippen molar-refractivity contribution in [2.75, 3.05) is 5.73 Å². The average molecular weight is 332 g/mol. The van der Waals surface area contributed by atoms with Gasteiger partial charge in [0.05, 0.1) is 11.1 Å². The van der Waals surface area contributed by atoms with E-state index in [1.165, 1.54) is 6.07 Å². The molecule has 0 spiro atoms. The first-order chi connectivity index (χ1) is 9.68. The molecule has 3 N–H and O–H groups in total. The number of anilines is 1. The topological polar surface area (TPSA) is 84.9 Å². The number of hydrogen-bond donors (Lipinski definition) is 2. The Hall–Kier alpha value is -2.34. The van der Waals surface area contributed by atoms with Crippen LogP contribution in [-0.4, -0.2) is 10.1 Å². The normalized spacial score (nSPS) is 10.7. The molecule has 1 aromatic carbocycles. The van der Waals surface area contributed by atoms with Crippen molar-refractivity contribution >= 4 is 21.8 Å². The number of nitrogens with two attached hydrogens (primary N) is 1. The first kappa shape index (κ1) is 12.7. The van der Waals surface area contributed by atoms with Gasteiger partial charge >= 0.3 is 0 Å². The molecule has 0 amide bonds. The summed E-state index contributed by atoms with van der Waals surface area (Å²) in [4.78, 5) is 14.8. The van der Waals surface area contributed by atoms with E-state index < -0.39 is 0 Å². The van der Waals surface area contributed by atoms with Crippen LogP contribution in [-0.2, 0) is 0 Å². The summed E-state index contributed by atoms with van der Waals surface area (Å²) < 4.78 is 5.92. The minimum Gasteiger partial charge on any atom is -0.367 e. The molecule has 0 atom stereocenters. The molecule has 3 aromatic rings. The maximum Gasteiger partial charge on any atom is 0.230 e. The second kappa shape index (κ2) is 4.97. The Morgan fingerprint density at radius 1 is 1.20 bits per heavy atom. The van der Waals surface area contributed by atoms with E-state index in [1.54, 1.807) is 12.4 Å². The minimum atomic E-state index is -0.148. The van der Waals surface area contributed by atoms with Crippen molar-refractivity contribution in [3.8, 4) is 22.4 Å². The Bertz CT molecular complexity index is 823. The molecule has 0 radical (unpaired) electrons. The van der Waals surface area contributed by atoms with Gasteiger partial charge in [-0.25, -0.2) is 0 Å². The standard InChI is InChI=1S/C14H10BrN3O2/c15-10-4-2-1-3-8(10)12-13(18-20-14(12)16)9-7-17-6-5-11(9)19/h1-7H,16H2,(H,17,19). The van der Waals surface area contributed by atoms with Crippen LogP contribution >= 0.6 is 15.9 Å². The second-order valence-electron chi connectivity index (χ2n) is 4.17. The quantitative estimate of drug-likeness (QED) is 0.755. The van der Waals surface area contributed by atoms with E-state index in [2.05, 4.69) is 26.1 Å². The zero-order chi connectivity index (χ0) is 14.1. The highest BCUT2D eigenvalue weighted by atomic mass is 79.9. The summed E-state index contributed by atoms with van der Waals surface area (Å²) in [6.45, 7) is 0. The highest BCUT2D eigenvalue weighted by molar-refractivity contribution is 9.10. The Morgan fingerprint density at radius 3 is 2.75 bits per heavy atom. The van der Waals surface area contributed by atoms with Gasteiger partial charge < -0.3 is 15.2 Å². The number of pyridine rings is 1. The lowest BCUT2D eigenvalue weighted by atomic mass is 10.0. The molecule has 0 saturated carbocycles. The Balaban J connectivity index is 2.29. The van der Waals surface area contributed by atoms with E-state index in [4.69, 9.17) is 10.3 Å². The fourth-order valence-electron chi connectivity index (χ4n) is 2.01. The Morgan fingerprint density at radius 2 is 2.00 bits per heavy atom. The van der Waals surface area contributed by atoms with E-state index in [0.29, 0.717) is 16.8 Å². The summed E-state index contributed by atoms with van der Waals surface area (Å²) in [5.41, 5.74) is 7.99. The van der Waals surface area contributed by atoms with Gasteiger partial charge in [0.25, 0.3) is 0 Å². The molecule has 5 nitrogen and oxygen atoms in total. The van der Waals surface area contributed by atoms with Crippen molar-refractivity contribution in [1.82, 2.24) is 10.1 Å². The fourth-order valence-corrected chi connectivity index (χ4v) is 2.50. The number of H-pyrrole nitrogens is 1. The number of rotatable bonds is 2. The van der Waals surface area contributed by atoms with Gasteiger partial charge in [-0.3, -0.25) is 4.79 Å². The first-order valence-corrected chi connectivity index (χ1v) is 6.65. The van der Waals surface area contributed by atoms with Crippen molar-refractivity contribution in [3.05, 3.63) is 57.4 Å². The lowest BCUT2D eigenvalue weighted by molar-refractivity contribution is 0.439. The summed E-state index contributed by atoms with van der Waals surface area (Å²) in [6, 6.07) is 8.98. The summed E-state index contributed by atoms with van der Waals surface area (Å²) in [5, 5.41) is 3.92. The molecule has 0 fully saturated rings. The zero-order valence-electron chi connectivity index (χ0n) is 10.3. The molecule has 0 unspecified atom stereocenters. The second-order valence-corrected chi connectivity index (χ2v) is 5.03. The number of nitrogens with one attached hydrogen (secondary N) is 1. The molecule has 100 valence electrons. The average Bonchev–Trinajstić information content (AvgIpc) is 2.82. The van der Waals surface area contributed by atoms with Crippen molar-refractivity contribution < 1.29 is 4.52 Å². The van der Waals surface area contributed by atoms with E-state index in [1.807, 2.05) is 24.3 Å². The smallest absolute Gasteiger partial charge is 0.230 e. The lowest BCUT2D eigenvalue weighted by Gasteiger charge is -2.04. The van der Waals surface area contributed by atoms with Crippen molar-refractivity contribution in [1.29, 1.82) is 0 Å². The Kier molecular flexibility index (Phi) is 3.15. The lowest BCUT2D eigenvalue weighted by Crippen LogP contribution is -2.03. The SMILES string of the molecule is Nc1onc(-c2c[nH]ccc2=O)c1-c1ccccc1Br. The third kappa shape index (κ3) is 2.04. The van der Waals surface area contributed by atoms with Crippen molar-refractivity contribution in [3.63, 3.8) is 0 Å². The first-order valence-electron chi connectivity index (χ1n) is 5.86. The van der Waals surface area contributed by atoms with Crippen LogP contribution in [0, 0.1) is 0 Å². The number of aromatic amines is 1. The number of aromatic nitrogens is 2. The summed E-state index contributed by atoms with van der Waals surface area (Å²) in [6.07, 6.45) is 3.15.